The first kappa shape index (κ1) is 12.2. The third-order valence-electron chi connectivity index (χ3n) is 2.15. The summed E-state index contributed by atoms with van der Waals surface area (Å²) in [7, 11) is 0. The molecule has 0 radical (unpaired) electrons. The SMILES string of the molecule is Cc1ccc(N)c(Oc2ncc(Br)cc2Cl)c1. The second kappa shape index (κ2) is 4.94. The van der Waals surface area contributed by atoms with Crippen molar-refractivity contribution < 1.29 is 4.74 Å². The van der Waals surface area contributed by atoms with Crippen LogP contribution < -0.4 is 10.5 Å². The maximum atomic E-state index is 6.01. The van der Waals surface area contributed by atoms with Crippen molar-refractivity contribution in [1.82, 2.24) is 4.98 Å². The fourth-order valence-electron chi connectivity index (χ4n) is 1.31. The first-order valence-electron chi connectivity index (χ1n) is 4.91. The first-order chi connectivity index (χ1) is 8.06. The molecule has 1 aromatic carbocycles. The van der Waals surface area contributed by atoms with E-state index in [0.29, 0.717) is 22.3 Å². The molecule has 0 saturated carbocycles. The molecule has 0 atom stereocenters. The highest BCUT2D eigenvalue weighted by molar-refractivity contribution is 9.10. The average Bonchev–Trinajstić information content (AvgIpc) is 2.27. The Hall–Kier alpha value is -1.26. The van der Waals surface area contributed by atoms with Gasteiger partial charge in [0, 0.05) is 10.7 Å². The Balaban J connectivity index is 2.34. The molecule has 0 bridgehead atoms. The van der Waals surface area contributed by atoms with Crippen LogP contribution in [0.5, 0.6) is 11.6 Å². The number of pyridine rings is 1. The van der Waals surface area contributed by atoms with Gasteiger partial charge in [0.15, 0.2) is 5.75 Å². The molecule has 0 spiro atoms. The lowest BCUT2D eigenvalue weighted by molar-refractivity contribution is 0.465. The molecule has 3 nitrogen and oxygen atoms in total. The molecular formula is C12H10BrClN2O. The molecule has 0 unspecified atom stereocenters. The van der Waals surface area contributed by atoms with Gasteiger partial charge in [-0.3, -0.25) is 0 Å². The van der Waals surface area contributed by atoms with Gasteiger partial charge in [-0.15, -0.1) is 0 Å². The molecule has 17 heavy (non-hydrogen) atoms. The summed E-state index contributed by atoms with van der Waals surface area (Å²) in [4.78, 5) is 4.09. The number of anilines is 1. The van der Waals surface area contributed by atoms with Crippen LogP contribution in [0.25, 0.3) is 0 Å². The zero-order valence-corrected chi connectivity index (χ0v) is 11.4. The monoisotopic (exact) mass is 312 g/mol. The zero-order chi connectivity index (χ0) is 12.4. The Kier molecular flexibility index (Phi) is 3.54. The highest BCUT2D eigenvalue weighted by Gasteiger charge is 2.08. The molecule has 1 aromatic heterocycles. The Morgan fingerprint density at radius 3 is 2.82 bits per heavy atom. The number of nitrogens with two attached hydrogens (primary N) is 1. The van der Waals surface area contributed by atoms with Gasteiger partial charge in [-0.05, 0) is 46.6 Å². The van der Waals surface area contributed by atoms with E-state index in [2.05, 4.69) is 20.9 Å². The topological polar surface area (TPSA) is 48.1 Å². The van der Waals surface area contributed by atoms with Gasteiger partial charge in [0.05, 0.1) is 5.69 Å². The molecule has 0 aliphatic carbocycles. The van der Waals surface area contributed by atoms with Crippen molar-refractivity contribution in [2.75, 3.05) is 5.73 Å². The highest BCUT2D eigenvalue weighted by Crippen LogP contribution is 2.32. The number of rotatable bonds is 2. The molecule has 0 saturated heterocycles. The summed E-state index contributed by atoms with van der Waals surface area (Å²) in [5, 5.41) is 0.431. The number of hydrogen-bond acceptors (Lipinski definition) is 3. The number of halogens is 2. The smallest absolute Gasteiger partial charge is 0.238 e. The van der Waals surface area contributed by atoms with Crippen molar-refractivity contribution in [3.63, 3.8) is 0 Å². The number of nitrogen functional groups attached to an aromatic ring is 1. The molecule has 2 rings (SSSR count). The summed E-state index contributed by atoms with van der Waals surface area (Å²) in [6.45, 7) is 1.96. The number of hydrogen-bond donors (Lipinski definition) is 1. The average molecular weight is 314 g/mol. The minimum absolute atomic E-state index is 0.340. The van der Waals surface area contributed by atoms with Crippen LogP contribution in [0.1, 0.15) is 5.56 Å². The number of aryl methyl sites for hydroxylation is 1. The van der Waals surface area contributed by atoms with Crippen molar-refractivity contribution in [2.45, 2.75) is 6.92 Å². The Morgan fingerprint density at radius 1 is 1.35 bits per heavy atom. The Morgan fingerprint density at radius 2 is 2.12 bits per heavy atom. The van der Waals surface area contributed by atoms with E-state index in [1.54, 1.807) is 18.3 Å². The highest BCUT2D eigenvalue weighted by atomic mass is 79.9. The maximum absolute atomic E-state index is 6.01. The fraction of sp³-hybridized carbons (Fsp3) is 0.0833. The summed E-state index contributed by atoms with van der Waals surface area (Å²) >= 11 is 9.29. The quantitative estimate of drug-likeness (QED) is 0.846. The van der Waals surface area contributed by atoms with E-state index in [9.17, 15) is 0 Å². The van der Waals surface area contributed by atoms with Gasteiger partial charge in [-0.25, -0.2) is 4.98 Å². The molecule has 5 heteroatoms. The molecule has 0 amide bonds. The van der Waals surface area contributed by atoms with Crippen molar-refractivity contribution in [2.24, 2.45) is 0 Å². The number of ether oxygens (including phenoxy) is 1. The summed E-state index contributed by atoms with van der Waals surface area (Å²) in [5.74, 6) is 0.897. The molecule has 1 heterocycles. The lowest BCUT2D eigenvalue weighted by atomic mass is 10.2. The predicted molar refractivity (Wildman–Crippen MR) is 72.6 cm³/mol. The molecule has 88 valence electrons. The van der Waals surface area contributed by atoms with Gasteiger partial charge in [0.2, 0.25) is 5.88 Å². The van der Waals surface area contributed by atoms with Gasteiger partial charge < -0.3 is 10.5 Å². The van der Waals surface area contributed by atoms with Crippen LogP contribution in [0.2, 0.25) is 5.02 Å². The lowest BCUT2D eigenvalue weighted by Gasteiger charge is -2.09. The van der Waals surface area contributed by atoms with E-state index >= 15 is 0 Å². The van der Waals surface area contributed by atoms with Crippen molar-refractivity contribution in [3.05, 3.63) is 45.5 Å². The Labute approximate surface area is 113 Å². The van der Waals surface area contributed by atoms with Crippen LogP contribution in [0.4, 0.5) is 5.69 Å². The number of aromatic nitrogens is 1. The van der Waals surface area contributed by atoms with Crippen LogP contribution in [0.15, 0.2) is 34.9 Å². The fourth-order valence-corrected chi connectivity index (χ4v) is 1.98. The third-order valence-corrected chi connectivity index (χ3v) is 2.85. The van der Waals surface area contributed by atoms with Crippen LogP contribution in [-0.4, -0.2) is 4.98 Å². The van der Waals surface area contributed by atoms with Gasteiger partial charge in [0.25, 0.3) is 0 Å². The summed E-state index contributed by atoms with van der Waals surface area (Å²) in [6.07, 6.45) is 1.62. The molecule has 0 fully saturated rings. The summed E-state index contributed by atoms with van der Waals surface area (Å²) in [5.41, 5.74) is 7.42. The normalized spacial score (nSPS) is 10.3. The molecule has 0 aliphatic heterocycles. The minimum Gasteiger partial charge on any atom is -0.435 e. The second-order valence-corrected chi connectivity index (χ2v) is 4.91. The van der Waals surface area contributed by atoms with Gasteiger partial charge in [-0.2, -0.15) is 0 Å². The lowest BCUT2D eigenvalue weighted by Crippen LogP contribution is -1.94. The predicted octanol–water partition coefficient (Wildman–Crippen LogP) is 4.18. The molecular weight excluding hydrogens is 304 g/mol. The number of nitrogens with zero attached hydrogens (tertiary/aromatic N) is 1. The van der Waals surface area contributed by atoms with Crippen molar-refractivity contribution in [3.8, 4) is 11.6 Å². The van der Waals surface area contributed by atoms with E-state index < -0.39 is 0 Å². The van der Waals surface area contributed by atoms with Gasteiger partial charge in [0.1, 0.15) is 5.02 Å². The van der Waals surface area contributed by atoms with E-state index in [0.717, 1.165) is 10.0 Å². The van der Waals surface area contributed by atoms with Crippen LogP contribution in [0, 0.1) is 6.92 Å². The Bertz CT molecular complexity index is 560. The van der Waals surface area contributed by atoms with E-state index in [1.807, 2.05) is 19.1 Å². The van der Waals surface area contributed by atoms with Gasteiger partial charge in [-0.1, -0.05) is 17.7 Å². The third kappa shape index (κ3) is 2.90. The van der Waals surface area contributed by atoms with E-state index in [1.165, 1.54) is 0 Å². The summed E-state index contributed by atoms with van der Waals surface area (Å²) < 4.78 is 6.39. The number of benzene rings is 1. The zero-order valence-electron chi connectivity index (χ0n) is 9.08. The molecule has 0 aliphatic rings. The van der Waals surface area contributed by atoms with Crippen LogP contribution in [-0.2, 0) is 0 Å². The van der Waals surface area contributed by atoms with Crippen molar-refractivity contribution >= 4 is 33.2 Å². The maximum Gasteiger partial charge on any atom is 0.238 e. The summed E-state index contributed by atoms with van der Waals surface area (Å²) in [6, 6.07) is 7.27. The van der Waals surface area contributed by atoms with Crippen LogP contribution in [0.3, 0.4) is 0 Å². The first-order valence-corrected chi connectivity index (χ1v) is 6.08. The minimum atomic E-state index is 0.340. The van der Waals surface area contributed by atoms with E-state index in [-0.39, 0.29) is 0 Å². The van der Waals surface area contributed by atoms with Gasteiger partial charge >= 0.3 is 0 Å². The molecule has 2 aromatic rings. The second-order valence-electron chi connectivity index (χ2n) is 3.58. The van der Waals surface area contributed by atoms with Crippen molar-refractivity contribution in [1.29, 1.82) is 0 Å². The van der Waals surface area contributed by atoms with Crippen LogP contribution >= 0.6 is 27.5 Å². The molecule has 2 N–H and O–H groups in total. The standard InChI is InChI=1S/C12H10BrClN2O/c1-7-2-3-10(15)11(4-7)17-12-9(14)5-8(13)6-16-12/h2-6H,15H2,1H3. The largest absolute Gasteiger partial charge is 0.435 e. The van der Waals surface area contributed by atoms with E-state index in [4.69, 9.17) is 22.1 Å².